The molecule has 0 spiro atoms. The van der Waals surface area contributed by atoms with E-state index in [9.17, 15) is 0 Å². The van der Waals surface area contributed by atoms with E-state index < -0.39 is 0 Å². The maximum absolute atomic E-state index is 9.03. The fourth-order valence-corrected chi connectivity index (χ4v) is 1.50. The minimum Gasteiger partial charge on any atom is -0.465 e. The van der Waals surface area contributed by atoms with Crippen LogP contribution in [0.4, 0.5) is 0 Å². The lowest BCUT2D eigenvalue weighted by molar-refractivity contribution is 0.557. The molecule has 4 nitrogen and oxygen atoms in total. The molecule has 0 unspecified atom stereocenters. The number of nitrogens with zero attached hydrogens (tertiary/aromatic N) is 3. The van der Waals surface area contributed by atoms with Crippen LogP contribution in [0.5, 0.6) is 0 Å². The molecule has 0 saturated carbocycles. The Morgan fingerprint density at radius 3 is 2.61 bits per heavy atom. The van der Waals surface area contributed by atoms with Gasteiger partial charge in [0.25, 0.3) is 0 Å². The second-order valence-corrected chi connectivity index (χ2v) is 3.63. The van der Waals surface area contributed by atoms with Crippen LogP contribution in [-0.2, 0) is 0 Å². The number of rotatable bonds is 2. The predicted octanol–water partition coefficient (Wildman–Crippen LogP) is 2.90. The number of aryl methyl sites for hydroxylation is 1. The molecule has 0 N–H and O–H groups in total. The van der Waals surface area contributed by atoms with Crippen molar-refractivity contribution in [2.45, 2.75) is 6.92 Å². The van der Waals surface area contributed by atoms with E-state index in [4.69, 9.17) is 14.9 Å². The largest absolute Gasteiger partial charge is 0.465 e. The number of aromatic nitrogens is 1. The second-order valence-electron chi connectivity index (χ2n) is 3.63. The Labute approximate surface area is 104 Å². The standard InChI is InChI=1S/C14H9N3O/c1-10-11(8-15)7-12(9-16)14(17-10)5-4-13-3-2-6-18-13/h2-7H,1H3/b5-4+. The summed E-state index contributed by atoms with van der Waals surface area (Å²) >= 11 is 0. The van der Waals surface area contributed by atoms with Crippen molar-refractivity contribution in [2.24, 2.45) is 0 Å². The number of hydrogen-bond acceptors (Lipinski definition) is 4. The molecule has 18 heavy (non-hydrogen) atoms. The number of furan rings is 1. The lowest BCUT2D eigenvalue weighted by Gasteiger charge is -2.01. The molecule has 2 aromatic rings. The van der Waals surface area contributed by atoms with Crippen molar-refractivity contribution in [3.63, 3.8) is 0 Å². The Kier molecular flexibility index (Phi) is 3.22. The van der Waals surface area contributed by atoms with Crippen molar-refractivity contribution in [1.29, 1.82) is 10.5 Å². The number of pyridine rings is 1. The van der Waals surface area contributed by atoms with Gasteiger partial charge in [-0.2, -0.15) is 10.5 Å². The molecule has 2 aromatic heterocycles. The molecule has 2 rings (SSSR count). The monoisotopic (exact) mass is 235 g/mol. The Bertz CT molecular complexity index is 670. The minimum absolute atomic E-state index is 0.375. The summed E-state index contributed by atoms with van der Waals surface area (Å²) in [7, 11) is 0. The van der Waals surface area contributed by atoms with E-state index >= 15 is 0 Å². The quantitative estimate of drug-likeness (QED) is 0.802. The van der Waals surface area contributed by atoms with Gasteiger partial charge in [0.2, 0.25) is 0 Å². The molecule has 0 fully saturated rings. The average Bonchev–Trinajstić information content (AvgIpc) is 2.89. The SMILES string of the molecule is Cc1nc(/C=C/c2ccco2)c(C#N)cc1C#N. The molecular weight excluding hydrogens is 226 g/mol. The average molecular weight is 235 g/mol. The lowest BCUT2D eigenvalue weighted by Crippen LogP contribution is -1.95. The molecule has 0 aliphatic rings. The van der Waals surface area contributed by atoms with E-state index in [1.165, 1.54) is 0 Å². The molecule has 0 aliphatic carbocycles. The van der Waals surface area contributed by atoms with Gasteiger partial charge in [-0.05, 0) is 37.3 Å². The molecule has 86 valence electrons. The first-order valence-corrected chi connectivity index (χ1v) is 5.28. The van der Waals surface area contributed by atoms with Crippen molar-refractivity contribution < 1.29 is 4.42 Å². The highest BCUT2D eigenvalue weighted by atomic mass is 16.3. The van der Waals surface area contributed by atoms with E-state index in [-0.39, 0.29) is 0 Å². The van der Waals surface area contributed by atoms with Gasteiger partial charge in [0.05, 0.1) is 28.8 Å². The van der Waals surface area contributed by atoms with Gasteiger partial charge < -0.3 is 4.42 Å². The fraction of sp³-hybridized carbons (Fsp3) is 0.0714. The molecule has 0 bridgehead atoms. The first-order valence-electron chi connectivity index (χ1n) is 5.28. The van der Waals surface area contributed by atoms with Crippen LogP contribution < -0.4 is 0 Å². The topological polar surface area (TPSA) is 73.6 Å². The Morgan fingerprint density at radius 2 is 2.00 bits per heavy atom. The van der Waals surface area contributed by atoms with Gasteiger partial charge in [0, 0.05) is 0 Å². The zero-order chi connectivity index (χ0) is 13.0. The van der Waals surface area contributed by atoms with Crippen molar-refractivity contribution in [2.75, 3.05) is 0 Å². The zero-order valence-electron chi connectivity index (χ0n) is 9.71. The third-order valence-corrected chi connectivity index (χ3v) is 2.43. The predicted molar refractivity (Wildman–Crippen MR) is 66.0 cm³/mol. The maximum Gasteiger partial charge on any atom is 0.126 e. The van der Waals surface area contributed by atoms with Crippen LogP contribution in [0.3, 0.4) is 0 Å². The van der Waals surface area contributed by atoms with Gasteiger partial charge in [-0.15, -0.1) is 0 Å². The van der Waals surface area contributed by atoms with Gasteiger partial charge >= 0.3 is 0 Å². The normalized spacial score (nSPS) is 10.2. The molecule has 0 radical (unpaired) electrons. The lowest BCUT2D eigenvalue weighted by atomic mass is 10.1. The molecule has 0 aliphatic heterocycles. The Morgan fingerprint density at radius 1 is 1.22 bits per heavy atom. The van der Waals surface area contributed by atoms with Crippen molar-refractivity contribution in [3.8, 4) is 12.1 Å². The summed E-state index contributed by atoms with van der Waals surface area (Å²) in [6.07, 6.45) is 5.00. The Balaban J connectivity index is 2.43. The molecule has 2 heterocycles. The van der Waals surface area contributed by atoms with Crippen LogP contribution >= 0.6 is 0 Å². The Hall–Kier alpha value is -2.85. The number of hydrogen-bond donors (Lipinski definition) is 0. The summed E-state index contributed by atoms with van der Waals surface area (Å²) in [5.41, 5.74) is 1.93. The van der Waals surface area contributed by atoms with Crippen molar-refractivity contribution in [3.05, 3.63) is 52.7 Å². The van der Waals surface area contributed by atoms with Gasteiger partial charge in [-0.3, -0.25) is 4.98 Å². The van der Waals surface area contributed by atoms with Gasteiger partial charge in [0.15, 0.2) is 0 Å². The molecule has 0 amide bonds. The maximum atomic E-state index is 9.03. The van der Waals surface area contributed by atoms with Crippen LogP contribution in [-0.4, -0.2) is 4.98 Å². The molecular formula is C14H9N3O. The first-order chi connectivity index (χ1) is 8.74. The highest BCUT2D eigenvalue weighted by Gasteiger charge is 2.06. The van der Waals surface area contributed by atoms with E-state index in [1.54, 1.807) is 43.5 Å². The molecule has 0 atom stereocenters. The summed E-state index contributed by atoms with van der Waals surface area (Å²) in [5, 5.41) is 17.9. The third-order valence-electron chi connectivity index (χ3n) is 2.43. The van der Waals surface area contributed by atoms with Crippen LogP contribution in [0.2, 0.25) is 0 Å². The summed E-state index contributed by atoms with van der Waals surface area (Å²) in [5.74, 6) is 0.683. The van der Waals surface area contributed by atoms with E-state index in [2.05, 4.69) is 4.98 Å². The fourth-order valence-electron chi connectivity index (χ4n) is 1.50. The summed E-state index contributed by atoms with van der Waals surface area (Å²) in [6.45, 7) is 1.74. The first kappa shape index (κ1) is 11.6. The van der Waals surface area contributed by atoms with Gasteiger partial charge in [-0.25, -0.2) is 0 Å². The van der Waals surface area contributed by atoms with Crippen LogP contribution in [0.15, 0.2) is 28.9 Å². The van der Waals surface area contributed by atoms with Crippen LogP contribution in [0.1, 0.15) is 28.3 Å². The summed E-state index contributed by atoms with van der Waals surface area (Å²) in [4.78, 5) is 4.24. The third kappa shape index (κ3) is 2.28. The van der Waals surface area contributed by atoms with Gasteiger partial charge in [-0.1, -0.05) is 0 Å². The van der Waals surface area contributed by atoms with E-state index in [0.29, 0.717) is 28.3 Å². The zero-order valence-corrected chi connectivity index (χ0v) is 9.71. The van der Waals surface area contributed by atoms with Crippen LogP contribution in [0, 0.1) is 29.6 Å². The highest BCUT2D eigenvalue weighted by Crippen LogP contribution is 2.15. The van der Waals surface area contributed by atoms with Gasteiger partial charge in [0.1, 0.15) is 17.9 Å². The molecule has 0 aromatic carbocycles. The van der Waals surface area contributed by atoms with Crippen molar-refractivity contribution >= 4 is 12.2 Å². The number of nitriles is 2. The van der Waals surface area contributed by atoms with Crippen LogP contribution in [0.25, 0.3) is 12.2 Å². The van der Waals surface area contributed by atoms with E-state index in [1.807, 2.05) is 12.1 Å². The second kappa shape index (κ2) is 4.99. The molecule has 4 heteroatoms. The molecule has 0 saturated heterocycles. The summed E-state index contributed by atoms with van der Waals surface area (Å²) < 4.78 is 5.15. The summed E-state index contributed by atoms with van der Waals surface area (Å²) in [6, 6.07) is 9.17. The minimum atomic E-state index is 0.375. The highest BCUT2D eigenvalue weighted by molar-refractivity contribution is 5.69. The smallest absolute Gasteiger partial charge is 0.126 e. The van der Waals surface area contributed by atoms with E-state index in [0.717, 1.165) is 0 Å². The van der Waals surface area contributed by atoms with Crippen molar-refractivity contribution in [1.82, 2.24) is 4.98 Å².